The van der Waals surface area contributed by atoms with Crippen LogP contribution in [0.3, 0.4) is 0 Å². The molecule has 0 spiro atoms. The fourth-order valence-electron chi connectivity index (χ4n) is 3.79. The molecular weight excluding hydrogens is 404 g/mol. The zero-order chi connectivity index (χ0) is 22.5. The molecule has 5 nitrogen and oxygen atoms in total. The number of fused-ring (bicyclic) bond motifs is 1. The first-order chi connectivity index (χ1) is 14.5. The molecule has 6 heteroatoms. The Kier molecular flexibility index (Phi) is 5.21. The van der Waals surface area contributed by atoms with Gasteiger partial charge in [-0.3, -0.25) is 4.79 Å². The zero-order valence-corrected chi connectivity index (χ0v) is 19.9. The average molecular weight is 433 g/mol. The van der Waals surface area contributed by atoms with Crippen molar-refractivity contribution in [3.8, 4) is 5.13 Å². The normalized spacial score (nSPS) is 11.8. The summed E-state index contributed by atoms with van der Waals surface area (Å²) in [5.74, 6) is -0.103. The summed E-state index contributed by atoms with van der Waals surface area (Å²) >= 11 is 1.59. The van der Waals surface area contributed by atoms with E-state index in [0.29, 0.717) is 5.56 Å². The van der Waals surface area contributed by atoms with Crippen molar-refractivity contribution in [3.05, 3.63) is 70.0 Å². The van der Waals surface area contributed by atoms with Crippen LogP contribution in [0.2, 0.25) is 0 Å². The minimum atomic E-state index is -0.103. The topological polar surface area (TPSA) is 59.8 Å². The van der Waals surface area contributed by atoms with Crippen molar-refractivity contribution in [3.63, 3.8) is 0 Å². The first kappa shape index (κ1) is 21.2. The number of carbonyl (C=O) groups is 1. The zero-order valence-electron chi connectivity index (χ0n) is 19.1. The number of aromatic nitrogens is 3. The summed E-state index contributed by atoms with van der Waals surface area (Å²) in [7, 11) is 0. The summed E-state index contributed by atoms with van der Waals surface area (Å²) in [5.41, 5.74) is 7.74. The summed E-state index contributed by atoms with van der Waals surface area (Å²) in [6.07, 6.45) is 0. The van der Waals surface area contributed by atoms with Gasteiger partial charge in [0, 0.05) is 16.9 Å². The van der Waals surface area contributed by atoms with Crippen molar-refractivity contribution in [1.29, 1.82) is 0 Å². The molecule has 0 unspecified atom stereocenters. The van der Waals surface area contributed by atoms with Gasteiger partial charge in [-0.1, -0.05) is 44.2 Å². The van der Waals surface area contributed by atoms with Gasteiger partial charge in [0.2, 0.25) is 5.13 Å². The summed E-state index contributed by atoms with van der Waals surface area (Å²) < 4.78 is 2.94. The van der Waals surface area contributed by atoms with Crippen LogP contribution < -0.4 is 5.32 Å². The van der Waals surface area contributed by atoms with Gasteiger partial charge in [0.05, 0.1) is 15.9 Å². The third kappa shape index (κ3) is 4.00. The Morgan fingerprint density at radius 3 is 2.29 bits per heavy atom. The molecule has 2 heterocycles. The van der Waals surface area contributed by atoms with Crippen molar-refractivity contribution in [1.82, 2.24) is 14.8 Å². The van der Waals surface area contributed by atoms with Gasteiger partial charge in [-0.2, -0.15) is 5.10 Å². The first-order valence-electron chi connectivity index (χ1n) is 10.4. The Bertz CT molecular complexity index is 1290. The van der Waals surface area contributed by atoms with E-state index in [4.69, 9.17) is 4.98 Å². The molecule has 0 aliphatic carbocycles. The third-order valence-electron chi connectivity index (χ3n) is 5.55. The highest BCUT2D eigenvalue weighted by Gasteiger charge is 2.18. The van der Waals surface area contributed by atoms with Crippen molar-refractivity contribution in [2.75, 3.05) is 5.32 Å². The van der Waals surface area contributed by atoms with Gasteiger partial charge in [-0.05, 0) is 74.1 Å². The number of hydrogen-bond donors (Lipinski definition) is 1. The van der Waals surface area contributed by atoms with E-state index < -0.39 is 0 Å². The van der Waals surface area contributed by atoms with E-state index in [9.17, 15) is 4.79 Å². The Labute approximate surface area is 187 Å². The van der Waals surface area contributed by atoms with Crippen molar-refractivity contribution in [2.24, 2.45) is 0 Å². The molecule has 0 radical (unpaired) electrons. The molecule has 4 aromatic rings. The summed E-state index contributed by atoms with van der Waals surface area (Å²) in [5, 5.41) is 8.52. The van der Waals surface area contributed by atoms with Crippen molar-refractivity contribution >= 4 is 33.1 Å². The summed E-state index contributed by atoms with van der Waals surface area (Å²) in [6.45, 7) is 14.6. The fraction of sp³-hybridized carbons (Fsp3) is 0.320. The van der Waals surface area contributed by atoms with Crippen LogP contribution in [-0.2, 0) is 5.41 Å². The van der Waals surface area contributed by atoms with Crippen LogP contribution in [0.15, 0.2) is 36.4 Å². The molecule has 1 amide bonds. The number of nitrogens with zero attached hydrogens (tertiary/aromatic N) is 3. The van der Waals surface area contributed by atoms with Crippen LogP contribution in [-0.4, -0.2) is 20.7 Å². The van der Waals surface area contributed by atoms with Gasteiger partial charge in [0.1, 0.15) is 0 Å². The fourth-order valence-corrected chi connectivity index (χ4v) is 4.85. The highest BCUT2D eigenvalue weighted by atomic mass is 32.1. The predicted molar refractivity (Wildman–Crippen MR) is 129 cm³/mol. The average Bonchev–Trinajstić information content (AvgIpc) is 3.26. The second kappa shape index (κ2) is 7.61. The molecule has 0 fully saturated rings. The molecule has 0 atom stereocenters. The number of thiazole rings is 1. The van der Waals surface area contributed by atoms with Gasteiger partial charge in [0.15, 0.2) is 0 Å². The number of aryl methyl sites for hydroxylation is 4. The predicted octanol–water partition coefficient (Wildman–Crippen LogP) is 6.27. The van der Waals surface area contributed by atoms with E-state index in [1.807, 2.05) is 68.8 Å². The first-order valence-corrected chi connectivity index (χ1v) is 11.2. The highest BCUT2D eigenvalue weighted by Crippen LogP contribution is 2.35. The molecule has 31 heavy (non-hydrogen) atoms. The van der Waals surface area contributed by atoms with E-state index in [1.54, 1.807) is 11.3 Å². The van der Waals surface area contributed by atoms with Crippen LogP contribution in [0.4, 0.5) is 5.69 Å². The Hall–Kier alpha value is -2.99. The Morgan fingerprint density at radius 1 is 1.03 bits per heavy atom. The SMILES string of the molecule is Cc1cc(C)n(-c2nc3cc(C)c(NC(=O)c4ccc(C(C)(C)C)cc4)c(C)c3s2)n1. The molecule has 2 aromatic heterocycles. The molecule has 0 bridgehead atoms. The molecule has 0 saturated heterocycles. The molecule has 0 aliphatic rings. The smallest absolute Gasteiger partial charge is 0.255 e. The second-order valence-corrected chi connectivity index (χ2v) is 10.1. The van der Waals surface area contributed by atoms with E-state index in [-0.39, 0.29) is 11.3 Å². The summed E-state index contributed by atoms with van der Waals surface area (Å²) in [6, 6.07) is 11.9. The molecule has 4 rings (SSSR count). The lowest BCUT2D eigenvalue weighted by molar-refractivity contribution is 0.102. The Balaban J connectivity index is 1.68. The number of carbonyl (C=O) groups excluding carboxylic acids is 1. The van der Waals surface area contributed by atoms with Crippen LogP contribution in [0.1, 0.15) is 59.2 Å². The minimum absolute atomic E-state index is 0.0581. The highest BCUT2D eigenvalue weighted by molar-refractivity contribution is 7.21. The molecule has 160 valence electrons. The largest absolute Gasteiger partial charge is 0.321 e. The van der Waals surface area contributed by atoms with E-state index in [0.717, 1.165) is 43.6 Å². The number of amides is 1. The van der Waals surface area contributed by atoms with Gasteiger partial charge in [-0.25, -0.2) is 9.67 Å². The van der Waals surface area contributed by atoms with Crippen LogP contribution in [0.5, 0.6) is 0 Å². The molecular formula is C25H28N4OS. The molecule has 0 saturated carbocycles. The van der Waals surface area contributed by atoms with Gasteiger partial charge in [0.25, 0.3) is 5.91 Å². The standard InChI is InChI=1S/C25H28N4OS/c1-14-12-20-22(31-24(26-20)29-16(3)13-15(2)28-29)17(4)21(14)27-23(30)18-8-10-19(11-9-18)25(5,6)7/h8-13H,1-7H3,(H,27,30). The van der Waals surface area contributed by atoms with Gasteiger partial charge >= 0.3 is 0 Å². The van der Waals surface area contributed by atoms with Gasteiger partial charge in [-0.15, -0.1) is 0 Å². The van der Waals surface area contributed by atoms with E-state index in [2.05, 4.69) is 31.2 Å². The van der Waals surface area contributed by atoms with E-state index in [1.165, 1.54) is 5.56 Å². The third-order valence-corrected chi connectivity index (χ3v) is 6.71. The van der Waals surface area contributed by atoms with Crippen molar-refractivity contribution < 1.29 is 4.79 Å². The van der Waals surface area contributed by atoms with E-state index >= 15 is 0 Å². The minimum Gasteiger partial charge on any atom is -0.321 e. The maximum atomic E-state index is 13.0. The van der Waals surface area contributed by atoms with Crippen LogP contribution in [0.25, 0.3) is 15.3 Å². The number of benzene rings is 2. The molecule has 2 aromatic carbocycles. The quantitative estimate of drug-likeness (QED) is 0.415. The number of nitrogens with one attached hydrogen (secondary N) is 1. The number of hydrogen-bond acceptors (Lipinski definition) is 4. The van der Waals surface area contributed by atoms with Crippen LogP contribution >= 0.6 is 11.3 Å². The monoisotopic (exact) mass is 432 g/mol. The number of rotatable bonds is 3. The van der Waals surface area contributed by atoms with Gasteiger partial charge < -0.3 is 5.32 Å². The second-order valence-electron chi connectivity index (χ2n) is 9.16. The Morgan fingerprint density at radius 2 is 1.71 bits per heavy atom. The van der Waals surface area contributed by atoms with Crippen LogP contribution in [0, 0.1) is 27.7 Å². The summed E-state index contributed by atoms with van der Waals surface area (Å²) in [4.78, 5) is 17.7. The molecule has 1 N–H and O–H groups in total. The molecule has 0 aliphatic heterocycles. The maximum absolute atomic E-state index is 13.0. The lowest BCUT2D eigenvalue weighted by Gasteiger charge is -2.19. The lowest BCUT2D eigenvalue weighted by Crippen LogP contribution is -2.15. The number of anilines is 1. The van der Waals surface area contributed by atoms with Crippen molar-refractivity contribution in [2.45, 2.75) is 53.9 Å². The lowest BCUT2D eigenvalue weighted by atomic mass is 9.86. The maximum Gasteiger partial charge on any atom is 0.255 e.